The minimum absolute atomic E-state index is 0.185. The van der Waals surface area contributed by atoms with Gasteiger partial charge >= 0.3 is 0 Å². The highest BCUT2D eigenvalue weighted by Crippen LogP contribution is 2.25. The Balaban J connectivity index is 4.69. The van der Waals surface area contributed by atoms with Gasteiger partial charge in [-0.25, -0.2) is 0 Å². The van der Waals surface area contributed by atoms with E-state index in [-0.39, 0.29) is 5.54 Å². The van der Waals surface area contributed by atoms with Gasteiger partial charge in [0.05, 0.1) is 6.61 Å². The first-order valence-electron chi connectivity index (χ1n) is 8.15. The van der Waals surface area contributed by atoms with Gasteiger partial charge in [0.2, 0.25) is 0 Å². The third-order valence-electron chi connectivity index (χ3n) is 3.92. The molecule has 0 saturated heterocycles. The average molecular weight is 287 g/mol. The van der Waals surface area contributed by atoms with Crippen LogP contribution in [0.2, 0.25) is 0 Å². The van der Waals surface area contributed by atoms with Crippen molar-refractivity contribution in [1.82, 2.24) is 10.2 Å². The molecule has 2 unspecified atom stereocenters. The first-order chi connectivity index (χ1) is 9.17. The van der Waals surface area contributed by atoms with Gasteiger partial charge in [0, 0.05) is 31.8 Å². The van der Waals surface area contributed by atoms with E-state index in [1.54, 1.807) is 7.11 Å². The molecule has 0 bridgehead atoms. The predicted molar refractivity (Wildman–Crippen MR) is 89.4 cm³/mol. The third-order valence-corrected chi connectivity index (χ3v) is 3.92. The molecule has 20 heavy (non-hydrogen) atoms. The number of rotatable bonds is 10. The second-order valence-corrected chi connectivity index (χ2v) is 7.53. The van der Waals surface area contributed by atoms with Crippen molar-refractivity contribution in [2.45, 2.75) is 72.9 Å². The molecule has 0 aliphatic rings. The molecule has 122 valence electrons. The standard InChI is InChI=1S/C17H38N2O/c1-9-11-17(7,13-18-16(4,5)6)14-19(10-2)15(3)12-20-8/h15,18H,9-14H2,1-8H3. The van der Waals surface area contributed by atoms with Crippen molar-refractivity contribution in [1.29, 1.82) is 0 Å². The Bertz CT molecular complexity index is 250. The van der Waals surface area contributed by atoms with Crippen molar-refractivity contribution >= 4 is 0 Å². The van der Waals surface area contributed by atoms with Crippen LogP contribution >= 0.6 is 0 Å². The third kappa shape index (κ3) is 8.23. The Kier molecular flexibility index (Phi) is 8.96. The van der Waals surface area contributed by atoms with Gasteiger partial charge in [-0.05, 0) is 46.1 Å². The quantitative estimate of drug-likeness (QED) is 0.665. The number of ether oxygens (including phenoxy) is 1. The molecule has 2 atom stereocenters. The summed E-state index contributed by atoms with van der Waals surface area (Å²) in [7, 11) is 1.79. The van der Waals surface area contributed by atoms with Gasteiger partial charge in [0.15, 0.2) is 0 Å². The van der Waals surface area contributed by atoms with E-state index in [4.69, 9.17) is 4.74 Å². The normalized spacial score (nSPS) is 17.2. The molecule has 0 heterocycles. The monoisotopic (exact) mass is 286 g/mol. The summed E-state index contributed by atoms with van der Waals surface area (Å²) in [6.45, 7) is 20.0. The van der Waals surface area contributed by atoms with Gasteiger partial charge in [-0.1, -0.05) is 27.2 Å². The summed E-state index contributed by atoms with van der Waals surface area (Å²) in [5, 5.41) is 3.69. The maximum atomic E-state index is 5.32. The van der Waals surface area contributed by atoms with Crippen LogP contribution in [0.1, 0.15) is 61.3 Å². The Morgan fingerprint density at radius 1 is 1.15 bits per heavy atom. The molecule has 0 aromatic rings. The molecule has 1 N–H and O–H groups in total. The zero-order chi connectivity index (χ0) is 15.8. The fourth-order valence-electron chi connectivity index (χ4n) is 2.72. The number of hydrogen-bond acceptors (Lipinski definition) is 3. The number of hydrogen-bond donors (Lipinski definition) is 1. The molecule has 0 spiro atoms. The van der Waals surface area contributed by atoms with Crippen molar-refractivity contribution < 1.29 is 4.74 Å². The van der Waals surface area contributed by atoms with E-state index >= 15 is 0 Å². The minimum Gasteiger partial charge on any atom is -0.383 e. The Morgan fingerprint density at radius 2 is 1.75 bits per heavy atom. The maximum Gasteiger partial charge on any atom is 0.0615 e. The molecule has 0 rings (SSSR count). The second kappa shape index (κ2) is 9.01. The van der Waals surface area contributed by atoms with Crippen molar-refractivity contribution in [2.24, 2.45) is 5.41 Å². The van der Waals surface area contributed by atoms with Gasteiger partial charge in [-0.3, -0.25) is 4.90 Å². The summed E-state index contributed by atoms with van der Waals surface area (Å²) in [6.07, 6.45) is 2.49. The van der Waals surface area contributed by atoms with Gasteiger partial charge in [0.1, 0.15) is 0 Å². The van der Waals surface area contributed by atoms with Crippen LogP contribution in [0.15, 0.2) is 0 Å². The summed E-state index contributed by atoms with van der Waals surface area (Å²) >= 11 is 0. The SMILES string of the molecule is CCCC(C)(CNC(C)(C)C)CN(CC)C(C)COC. The molecular weight excluding hydrogens is 248 g/mol. The maximum absolute atomic E-state index is 5.32. The number of nitrogens with one attached hydrogen (secondary N) is 1. The zero-order valence-electron chi connectivity index (χ0n) is 15.2. The molecule has 3 nitrogen and oxygen atoms in total. The van der Waals surface area contributed by atoms with Crippen molar-refractivity contribution in [3.05, 3.63) is 0 Å². The second-order valence-electron chi connectivity index (χ2n) is 7.53. The lowest BCUT2D eigenvalue weighted by molar-refractivity contribution is 0.0650. The summed E-state index contributed by atoms with van der Waals surface area (Å²) < 4.78 is 5.32. The van der Waals surface area contributed by atoms with Crippen LogP contribution in [0.25, 0.3) is 0 Å². The van der Waals surface area contributed by atoms with Crippen molar-refractivity contribution in [3.63, 3.8) is 0 Å². The van der Waals surface area contributed by atoms with E-state index in [9.17, 15) is 0 Å². The highest BCUT2D eigenvalue weighted by atomic mass is 16.5. The molecule has 0 aromatic carbocycles. The molecule has 0 radical (unpaired) electrons. The van der Waals surface area contributed by atoms with E-state index in [1.165, 1.54) is 12.8 Å². The van der Waals surface area contributed by atoms with Gasteiger partial charge in [0.25, 0.3) is 0 Å². The van der Waals surface area contributed by atoms with Crippen LogP contribution in [0.3, 0.4) is 0 Å². The number of methoxy groups -OCH3 is 1. The zero-order valence-corrected chi connectivity index (χ0v) is 15.2. The van der Waals surface area contributed by atoms with E-state index in [1.807, 2.05) is 0 Å². The van der Waals surface area contributed by atoms with Crippen molar-refractivity contribution in [2.75, 3.05) is 33.4 Å². The van der Waals surface area contributed by atoms with Gasteiger partial charge in [-0.2, -0.15) is 0 Å². The average Bonchev–Trinajstić information content (AvgIpc) is 2.34. The molecule has 0 fully saturated rings. The smallest absolute Gasteiger partial charge is 0.0615 e. The Morgan fingerprint density at radius 3 is 2.15 bits per heavy atom. The largest absolute Gasteiger partial charge is 0.383 e. The molecule has 0 saturated carbocycles. The molecule has 0 amide bonds. The summed E-state index contributed by atoms with van der Waals surface area (Å²) in [4.78, 5) is 2.55. The molecular formula is C17H38N2O. The van der Waals surface area contributed by atoms with Crippen LogP contribution in [-0.2, 0) is 4.74 Å². The molecule has 0 aliphatic heterocycles. The van der Waals surface area contributed by atoms with Crippen LogP contribution in [0.5, 0.6) is 0 Å². The van der Waals surface area contributed by atoms with Crippen LogP contribution in [-0.4, -0.2) is 49.8 Å². The highest BCUT2D eigenvalue weighted by molar-refractivity contribution is 4.85. The van der Waals surface area contributed by atoms with E-state index in [2.05, 4.69) is 58.7 Å². The Hall–Kier alpha value is -0.120. The first-order valence-corrected chi connectivity index (χ1v) is 8.15. The minimum atomic E-state index is 0.185. The van der Waals surface area contributed by atoms with Gasteiger partial charge < -0.3 is 10.1 Å². The lowest BCUT2D eigenvalue weighted by Crippen LogP contribution is -2.49. The summed E-state index contributed by atoms with van der Waals surface area (Å²) in [5.74, 6) is 0. The fourth-order valence-corrected chi connectivity index (χ4v) is 2.72. The molecule has 0 aromatic heterocycles. The van der Waals surface area contributed by atoms with Crippen LogP contribution in [0.4, 0.5) is 0 Å². The highest BCUT2D eigenvalue weighted by Gasteiger charge is 2.29. The van der Waals surface area contributed by atoms with Gasteiger partial charge in [-0.15, -0.1) is 0 Å². The summed E-state index contributed by atoms with van der Waals surface area (Å²) in [5.41, 5.74) is 0.504. The number of likely N-dealkylation sites (N-methyl/N-ethyl adjacent to an activating group) is 1. The van der Waals surface area contributed by atoms with Crippen LogP contribution < -0.4 is 5.32 Å². The predicted octanol–water partition coefficient (Wildman–Crippen LogP) is 3.54. The Labute approximate surface area is 127 Å². The van der Waals surface area contributed by atoms with Crippen LogP contribution in [0, 0.1) is 5.41 Å². The van der Waals surface area contributed by atoms with E-state index in [0.29, 0.717) is 11.5 Å². The van der Waals surface area contributed by atoms with E-state index < -0.39 is 0 Å². The lowest BCUT2D eigenvalue weighted by Gasteiger charge is -2.39. The fraction of sp³-hybridized carbons (Fsp3) is 1.00. The molecule has 3 heteroatoms. The molecule has 0 aliphatic carbocycles. The van der Waals surface area contributed by atoms with Crippen molar-refractivity contribution in [3.8, 4) is 0 Å². The number of nitrogens with zero attached hydrogens (tertiary/aromatic N) is 1. The van der Waals surface area contributed by atoms with E-state index in [0.717, 1.165) is 26.2 Å². The lowest BCUT2D eigenvalue weighted by atomic mass is 9.83. The topological polar surface area (TPSA) is 24.5 Å². The first kappa shape index (κ1) is 19.9. The summed E-state index contributed by atoms with van der Waals surface area (Å²) in [6, 6.07) is 0.482.